The van der Waals surface area contributed by atoms with Gasteiger partial charge in [0.1, 0.15) is 6.04 Å². The van der Waals surface area contributed by atoms with Crippen LogP contribution in [-0.2, 0) is 9.59 Å². The Kier molecular flexibility index (Phi) is 3.54. The lowest BCUT2D eigenvalue weighted by Gasteiger charge is -2.33. The summed E-state index contributed by atoms with van der Waals surface area (Å²) in [7, 11) is 0. The third-order valence-electron chi connectivity index (χ3n) is 4.31. The molecule has 0 spiro atoms. The summed E-state index contributed by atoms with van der Waals surface area (Å²) in [4.78, 5) is 27.9. The molecule has 2 fully saturated rings. The Morgan fingerprint density at radius 3 is 2.80 bits per heavy atom. The fraction of sp³-hybridized carbons (Fsp3) is 0.600. The maximum Gasteiger partial charge on any atom is 0.326 e. The summed E-state index contributed by atoms with van der Waals surface area (Å²) in [6.45, 7) is 2.67. The fourth-order valence-electron chi connectivity index (χ4n) is 3.10. The average Bonchev–Trinajstić information content (AvgIpc) is 3.13. The van der Waals surface area contributed by atoms with E-state index in [1.165, 1.54) is 9.75 Å². The van der Waals surface area contributed by atoms with Gasteiger partial charge < -0.3 is 10.0 Å². The molecule has 1 aromatic rings. The molecule has 1 aromatic heterocycles. The smallest absolute Gasteiger partial charge is 0.326 e. The molecule has 2 heterocycles. The van der Waals surface area contributed by atoms with Crippen molar-refractivity contribution in [3.8, 4) is 0 Å². The van der Waals surface area contributed by atoms with Crippen molar-refractivity contribution in [3.05, 3.63) is 21.9 Å². The lowest BCUT2D eigenvalue weighted by atomic mass is 10.0. The highest BCUT2D eigenvalue weighted by atomic mass is 32.1. The quantitative estimate of drug-likeness (QED) is 0.932. The van der Waals surface area contributed by atoms with Crippen molar-refractivity contribution >= 4 is 23.2 Å². The Morgan fingerprint density at radius 2 is 2.15 bits per heavy atom. The summed E-state index contributed by atoms with van der Waals surface area (Å²) < 4.78 is 0. The molecular weight excluding hydrogens is 274 g/mol. The van der Waals surface area contributed by atoms with Crippen LogP contribution in [0, 0.1) is 12.8 Å². The number of likely N-dealkylation sites (tertiary alicyclic amines) is 1. The average molecular weight is 293 g/mol. The van der Waals surface area contributed by atoms with Crippen LogP contribution in [0.2, 0.25) is 0 Å². The van der Waals surface area contributed by atoms with Crippen LogP contribution in [0.15, 0.2) is 12.1 Å². The van der Waals surface area contributed by atoms with Crippen molar-refractivity contribution in [3.63, 3.8) is 0 Å². The van der Waals surface area contributed by atoms with E-state index in [2.05, 4.69) is 19.1 Å². The molecule has 4 nitrogen and oxygen atoms in total. The largest absolute Gasteiger partial charge is 0.480 e. The first kappa shape index (κ1) is 13.6. The monoisotopic (exact) mass is 293 g/mol. The maximum absolute atomic E-state index is 12.5. The molecule has 0 aromatic carbocycles. The van der Waals surface area contributed by atoms with E-state index in [1.807, 2.05) is 0 Å². The highest BCUT2D eigenvalue weighted by Gasteiger charge is 2.48. The SMILES string of the molecule is Cc1ccc([C@H]2C[C@@H]2C(=O)N2CCCC[C@@H]2C(=O)O)s1. The molecule has 1 saturated heterocycles. The normalized spacial score (nSPS) is 29.2. The first-order valence-corrected chi connectivity index (χ1v) is 7.99. The molecule has 1 N–H and O–H groups in total. The number of carbonyl (C=O) groups excluding carboxylic acids is 1. The van der Waals surface area contributed by atoms with Gasteiger partial charge in [0, 0.05) is 28.1 Å². The van der Waals surface area contributed by atoms with Crippen LogP contribution in [0.3, 0.4) is 0 Å². The van der Waals surface area contributed by atoms with Crippen molar-refractivity contribution in [2.75, 3.05) is 6.54 Å². The fourth-order valence-corrected chi connectivity index (χ4v) is 4.16. The van der Waals surface area contributed by atoms with Gasteiger partial charge in [-0.3, -0.25) is 4.79 Å². The molecule has 5 heteroatoms. The summed E-state index contributed by atoms with van der Waals surface area (Å²) >= 11 is 1.75. The first-order chi connectivity index (χ1) is 9.58. The lowest BCUT2D eigenvalue weighted by Crippen LogP contribution is -2.48. The number of nitrogens with zero attached hydrogens (tertiary/aromatic N) is 1. The van der Waals surface area contributed by atoms with Crippen LogP contribution in [-0.4, -0.2) is 34.5 Å². The Bertz CT molecular complexity index is 539. The van der Waals surface area contributed by atoms with Gasteiger partial charge in [0.2, 0.25) is 5.91 Å². The molecule has 0 bridgehead atoms. The minimum Gasteiger partial charge on any atom is -0.480 e. The van der Waals surface area contributed by atoms with E-state index < -0.39 is 12.0 Å². The van der Waals surface area contributed by atoms with Gasteiger partial charge in [-0.15, -0.1) is 11.3 Å². The lowest BCUT2D eigenvalue weighted by molar-refractivity contribution is -0.152. The van der Waals surface area contributed by atoms with Crippen LogP contribution in [0.1, 0.15) is 41.4 Å². The van der Waals surface area contributed by atoms with Gasteiger partial charge in [-0.05, 0) is 44.7 Å². The molecule has 108 valence electrons. The second kappa shape index (κ2) is 5.20. The number of carbonyl (C=O) groups is 2. The van der Waals surface area contributed by atoms with E-state index in [-0.39, 0.29) is 11.8 Å². The third-order valence-corrected chi connectivity index (χ3v) is 5.44. The number of aryl methyl sites for hydroxylation is 1. The molecule has 1 aliphatic carbocycles. The van der Waals surface area contributed by atoms with E-state index in [1.54, 1.807) is 16.2 Å². The Labute approximate surface area is 122 Å². The van der Waals surface area contributed by atoms with Crippen molar-refractivity contribution in [2.45, 2.75) is 44.6 Å². The molecule has 2 aliphatic rings. The van der Waals surface area contributed by atoms with Gasteiger partial charge in [0.25, 0.3) is 0 Å². The predicted octanol–water partition coefficient (Wildman–Crippen LogP) is 2.63. The highest BCUT2D eigenvalue weighted by molar-refractivity contribution is 7.12. The third kappa shape index (κ3) is 2.46. The summed E-state index contributed by atoms with van der Waals surface area (Å²) in [5.41, 5.74) is 0. The van der Waals surface area contributed by atoms with E-state index in [9.17, 15) is 14.7 Å². The van der Waals surface area contributed by atoms with Crippen molar-refractivity contribution in [2.24, 2.45) is 5.92 Å². The van der Waals surface area contributed by atoms with Gasteiger partial charge in [0.15, 0.2) is 0 Å². The molecule has 0 radical (unpaired) electrons. The molecule has 1 saturated carbocycles. The Morgan fingerprint density at radius 1 is 1.35 bits per heavy atom. The molecule has 1 amide bonds. The van der Waals surface area contributed by atoms with E-state index >= 15 is 0 Å². The molecule has 3 rings (SSSR count). The number of hydrogen-bond donors (Lipinski definition) is 1. The summed E-state index contributed by atoms with van der Waals surface area (Å²) in [5.74, 6) is -0.485. The number of rotatable bonds is 3. The van der Waals surface area contributed by atoms with Crippen molar-refractivity contribution in [1.82, 2.24) is 4.90 Å². The van der Waals surface area contributed by atoms with Crippen LogP contribution in [0.5, 0.6) is 0 Å². The van der Waals surface area contributed by atoms with E-state index in [0.717, 1.165) is 19.3 Å². The van der Waals surface area contributed by atoms with Crippen molar-refractivity contribution < 1.29 is 14.7 Å². The van der Waals surface area contributed by atoms with Crippen LogP contribution >= 0.6 is 11.3 Å². The zero-order chi connectivity index (χ0) is 14.3. The summed E-state index contributed by atoms with van der Waals surface area (Å²) in [5, 5.41) is 9.25. The zero-order valence-electron chi connectivity index (χ0n) is 11.5. The number of thiophene rings is 1. The van der Waals surface area contributed by atoms with Crippen LogP contribution in [0.25, 0.3) is 0 Å². The topological polar surface area (TPSA) is 57.6 Å². The summed E-state index contributed by atoms with van der Waals surface area (Å²) in [6.07, 6.45) is 3.29. The highest BCUT2D eigenvalue weighted by Crippen LogP contribution is 2.51. The Hall–Kier alpha value is -1.36. The maximum atomic E-state index is 12.5. The van der Waals surface area contributed by atoms with Crippen molar-refractivity contribution in [1.29, 1.82) is 0 Å². The molecular formula is C15H19NO3S. The number of amides is 1. The second-order valence-corrected chi connectivity index (χ2v) is 7.10. The minimum atomic E-state index is -0.859. The standard InChI is InChI=1S/C15H19NO3S/c1-9-5-6-13(20-9)10-8-11(10)14(17)16-7-3-2-4-12(16)15(18)19/h5-6,10-12H,2-4,7-8H2,1H3,(H,18,19)/t10-,11-,12+/m0/s1. The van der Waals surface area contributed by atoms with Gasteiger partial charge in [-0.25, -0.2) is 4.79 Å². The van der Waals surface area contributed by atoms with Gasteiger partial charge in [-0.2, -0.15) is 0 Å². The van der Waals surface area contributed by atoms with Crippen LogP contribution < -0.4 is 0 Å². The van der Waals surface area contributed by atoms with Gasteiger partial charge in [-0.1, -0.05) is 0 Å². The van der Waals surface area contributed by atoms with Crippen LogP contribution in [0.4, 0.5) is 0 Å². The molecule has 3 atom stereocenters. The second-order valence-electron chi connectivity index (χ2n) is 5.78. The van der Waals surface area contributed by atoms with Gasteiger partial charge in [0.05, 0.1) is 0 Å². The number of carboxylic acid groups (broad SMARTS) is 1. The number of hydrogen-bond acceptors (Lipinski definition) is 3. The number of carboxylic acids is 1. The summed E-state index contributed by atoms with van der Waals surface area (Å²) in [6, 6.07) is 3.58. The number of piperidine rings is 1. The van der Waals surface area contributed by atoms with E-state index in [0.29, 0.717) is 18.9 Å². The van der Waals surface area contributed by atoms with E-state index in [4.69, 9.17) is 0 Å². The minimum absolute atomic E-state index is 0.00741. The molecule has 1 aliphatic heterocycles. The van der Waals surface area contributed by atoms with Gasteiger partial charge >= 0.3 is 5.97 Å². The number of aliphatic carboxylic acids is 1. The molecule has 0 unspecified atom stereocenters. The predicted molar refractivity (Wildman–Crippen MR) is 76.9 cm³/mol. The first-order valence-electron chi connectivity index (χ1n) is 7.17. The molecule has 20 heavy (non-hydrogen) atoms. The Balaban J connectivity index is 1.69. The zero-order valence-corrected chi connectivity index (χ0v) is 12.4.